The van der Waals surface area contributed by atoms with E-state index in [0.717, 1.165) is 57.8 Å². The molecule has 5 nitrogen and oxygen atoms in total. The second-order valence-electron chi connectivity index (χ2n) is 4.51. The summed E-state index contributed by atoms with van der Waals surface area (Å²) in [7, 11) is 0. The van der Waals surface area contributed by atoms with Crippen molar-refractivity contribution in [2.75, 3.05) is 26.2 Å². The van der Waals surface area contributed by atoms with E-state index in [0.29, 0.717) is 0 Å². The summed E-state index contributed by atoms with van der Waals surface area (Å²) in [6, 6.07) is 0. The zero-order valence-electron chi connectivity index (χ0n) is 10.9. The Bertz CT molecular complexity index is 343. The van der Waals surface area contributed by atoms with Gasteiger partial charge in [-0.05, 0) is 26.1 Å². The van der Waals surface area contributed by atoms with Gasteiger partial charge in [0.2, 0.25) is 0 Å². The van der Waals surface area contributed by atoms with E-state index in [2.05, 4.69) is 39.1 Å². The van der Waals surface area contributed by atoms with E-state index in [9.17, 15) is 0 Å². The molecule has 0 spiro atoms. The smallest absolute Gasteiger partial charge is 0.0997 e. The summed E-state index contributed by atoms with van der Waals surface area (Å²) in [5.74, 6) is 0. The lowest BCUT2D eigenvalue weighted by molar-refractivity contribution is 0.289. The highest BCUT2D eigenvalue weighted by Gasteiger charge is 2.15. The molecule has 0 saturated carbocycles. The molecule has 1 aromatic rings. The lowest BCUT2D eigenvalue weighted by atomic mass is 10.2. The van der Waals surface area contributed by atoms with Gasteiger partial charge in [0.15, 0.2) is 0 Å². The minimum absolute atomic E-state index is 0.880. The van der Waals surface area contributed by atoms with Crippen LogP contribution in [-0.2, 0) is 19.5 Å². The van der Waals surface area contributed by atoms with Crippen LogP contribution in [0.4, 0.5) is 0 Å². The van der Waals surface area contributed by atoms with E-state index >= 15 is 0 Å². The van der Waals surface area contributed by atoms with Crippen molar-refractivity contribution >= 4 is 0 Å². The quantitative estimate of drug-likeness (QED) is 0.789. The average Bonchev–Trinajstić information content (AvgIpc) is 2.78. The van der Waals surface area contributed by atoms with Crippen LogP contribution in [-0.4, -0.2) is 46.1 Å². The largest absolute Gasteiger partial charge is 0.311 e. The molecule has 0 aliphatic carbocycles. The zero-order chi connectivity index (χ0) is 12.1. The highest BCUT2D eigenvalue weighted by atomic mass is 15.4. The van der Waals surface area contributed by atoms with Crippen LogP contribution in [0.5, 0.6) is 0 Å². The predicted molar refractivity (Wildman–Crippen MR) is 67.8 cm³/mol. The van der Waals surface area contributed by atoms with Crippen molar-refractivity contribution in [3.8, 4) is 0 Å². The Morgan fingerprint density at radius 2 is 2.18 bits per heavy atom. The lowest BCUT2D eigenvalue weighted by Gasteiger charge is -2.18. The molecule has 0 fully saturated rings. The first-order valence-electron chi connectivity index (χ1n) is 6.69. The Balaban J connectivity index is 1.85. The molecule has 1 N–H and O–H groups in total. The number of aromatic nitrogens is 3. The van der Waals surface area contributed by atoms with Crippen molar-refractivity contribution in [1.82, 2.24) is 25.2 Å². The third-order valence-electron chi connectivity index (χ3n) is 3.49. The van der Waals surface area contributed by atoms with Crippen LogP contribution in [0, 0.1) is 0 Å². The molecule has 0 radical (unpaired) electrons. The number of fused-ring (bicyclic) bond motifs is 1. The molecule has 96 valence electrons. The van der Waals surface area contributed by atoms with Gasteiger partial charge in [0, 0.05) is 26.1 Å². The molecule has 0 amide bonds. The van der Waals surface area contributed by atoms with E-state index in [4.69, 9.17) is 0 Å². The Hall–Kier alpha value is -0.940. The monoisotopic (exact) mass is 237 g/mol. The summed E-state index contributed by atoms with van der Waals surface area (Å²) < 4.78 is 2.10. The van der Waals surface area contributed by atoms with Crippen LogP contribution in [0.2, 0.25) is 0 Å². The second kappa shape index (κ2) is 6.12. The predicted octanol–water partition coefficient (Wildman–Crippen LogP) is 0.656. The van der Waals surface area contributed by atoms with Crippen molar-refractivity contribution < 1.29 is 0 Å². The van der Waals surface area contributed by atoms with E-state index in [1.165, 1.54) is 5.69 Å². The SMILES string of the molecule is CCN(CC)CCCn1nnc2c1CCNC2. The fourth-order valence-electron chi connectivity index (χ4n) is 2.36. The molecule has 0 aromatic carbocycles. The van der Waals surface area contributed by atoms with Crippen LogP contribution < -0.4 is 5.32 Å². The standard InChI is InChI=1S/C12H23N5/c1-3-16(4-2)8-5-9-17-12-6-7-13-10-11(12)14-15-17/h13H,3-10H2,1-2H3. The van der Waals surface area contributed by atoms with E-state index in [1.54, 1.807) is 0 Å². The topological polar surface area (TPSA) is 46.0 Å². The summed E-state index contributed by atoms with van der Waals surface area (Å²) in [6.07, 6.45) is 2.22. The number of nitrogens with zero attached hydrogens (tertiary/aromatic N) is 4. The van der Waals surface area contributed by atoms with Gasteiger partial charge >= 0.3 is 0 Å². The highest BCUT2D eigenvalue weighted by Crippen LogP contribution is 2.10. The molecule has 1 aromatic heterocycles. The van der Waals surface area contributed by atoms with Crippen LogP contribution >= 0.6 is 0 Å². The van der Waals surface area contributed by atoms with Gasteiger partial charge in [-0.2, -0.15) is 0 Å². The Labute approximate surface area is 103 Å². The number of rotatable bonds is 6. The molecule has 1 aliphatic rings. The van der Waals surface area contributed by atoms with Gasteiger partial charge in [-0.15, -0.1) is 5.10 Å². The van der Waals surface area contributed by atoms with Crippen LogP contribution in [0.3, 0.4) is 0 Å². The van der Waals surface area contributed by atoms with Crippen molar-refractivity contribution in [2.24, 2.45) is 0 Å². The van der Waals surface area contributed by atoms with E-state index in [-0.39, 0.29) is 0 Å². The van der Waals surface area contributed by atoms with Gasteiger partial charge in [-0.1, -0.05) is 19.1 Å². The average molecular weight is 237 g/mol. The first-order valence-corrected chi connectivity index (χ1v) is 6.69. The molecule has 17 heavy (non-hydrogen) atoms. The van der Waals surface area contributed by atoms with Gasteiger partial charge in [-0.25, -0.2) is 4.68 Å². The van der Waals surface area contributed by atoms with Crippen LogP contribution in [0.1, 0.15) is 31.7 Å². The summed E-state index contributed by atoms with van der Waals surface area (Å²) in [5, 5.41) is 11.8. The Kier molecular flexibility index (Phi) is 4.50. The molecule has 0 atom stereocenters. The Morgan fingerprint density at radius 3 is 2.94 bits per heavy atom. The van der Waals surface area contributed by atoms with E-state index < -0.39 is 0 Å². The summed E-state index contributed by atoms with van der Waals surface area (Å²) in [6.45, 7) is 10.8. The van der Waals surface area contributed by atoms with E-state index in [1.807, 2.05) is 0 Å². The minimum Gasteiger partial charge on any atom is -0.311 e. The maximum atomic E-state index is 4.25. The molecule has 1 aliphatic heterocycles. The second-order valence-corrected chi connectivity index (χ2v) is 4.51. The number of aryl methyl sites for hydroxylation is 1. The minimum atomic E-state index is 0.880. The van der Waals surface area contributed by atoms with Gasteiger partial charge < -0.3 is 10.2 Å². The molecule has 5 heteroatoms. The maximum Gasteiger partial charge on any atom is 0.0997 e. The summed E-state index contributed by atoms with van der Waals surface area (Å²) >= 11 is 0. The molecule has 2 rings (SSSR count). The Morgan fingerprint density at radius 1 is 1.35 bits per heavy atom. The first-order chi connectivity index (χ1) is 8.35. The zero-order valence-corrected chi connectivity index (χ0v) is 10.9. The van der Waals surface area contributed by atoms with Crippen molar-refractivity contribution in [3.05, 3.63) is 11.4 Å². The molecular formula is C12H23N5. The third kappa shape index (κ3) is 3.04. The van der Waals surface area contributed by atoms with Crippen LogP contribution in [0.25, 0.3) is 0 Å². The molecule has 0 bridgehead atoms. The summed E-state index contributed by atoms with van der Waals surface area (Å²) in [4.78, 5) is 2.45. The van der Waals surface area contributed by atoms with Gasteiger partial charge in [-0.3, -0.25) is 0 Å². The fourth-order valence-corrected chi connectivity index (χ4v) is 2.36. The van der Waals surface area contributed by atoms with Crippen LogP contribution in [0.15, 0.2) is 0 Å². The van der Waals surface area contributed by atoms with Gasteiger partial charge in [0.05, 0.1) is 11.4 Å². The first kappa shape index (κ1) is 12.5. The molecule has 0 unspecified atom stereocenters. The summed E-state index contributed by atoms with van der Waals surface area (Å²) in [5.41, 5.74) is 2.47. The highest BCUT2D eigenvalue weighted by molar-refractivity contribution is 5.13. The maximum absolute atomic E-state index is 4.25. The third-order valence-corrected chi connectivity index (χ3v) is 3.49. The number of nitrogens with one attached hydrogen (secondary N) is 1. The van der Waals surface area contributed by atoms with Gasteiger partial charge in [0.1, 0.15) is 0 Å². The molecule has 0 saturated heterocycles. The van der Waals surface area contributed by atoms with Gasteiger partial charge in [0.25, 0.3) is 0 Å². The molecular weight excluding hydrogens is 214 g/mol. The van der Waals surface area contributed by atoms with Crippen molar-refractivity contribution in [2.45, 2.75) is 39.8 Å². The lowest BCUT2D eigenvalue weighted by Crippen LogP contribution is -2.27. The number of hydrogen-bond acceptors (Lipinski definition) is 4. The fraction of sp³-hybridized carbons (Fsp3) is 0.833. The van der Waals surface area contributed by atoms with Crippen molar-refractivity contribution in [3.63, 3.8) is 0 Å². The normalized spacial score (nSPS) is 15.2. The van der Waals surface area contributed by atoms with Crippen molar-refractivity contribution in [1.29, 1.82) is 0 Å². The number of hydrogen-bond donors (Lipinski definition) is 1. The molecule has 2 heterocycles.